The zero-order valence-corrected chi connectivity index (χ0v) is 22.1. The van der Waals surface area contributed by atoms with Crippen molar-refractivity contribution in [2.75, 3.05) is 33.8 Å². The molecule has 0 heterocycles. The van der Waals surface area contributed by atoms with Crippen molar-refractivity contribution in [3.8, 4) is 28.7 Å². The van der Waals surface area contributed by atoms with E-state index in [1.165, 1.54) is 52.8 Å². The number of carbonyl (C=O) groups is 1. The minimum Gasteiger partial charge on any atom is -0.495 e. The number of hydrogen-bond donors (Lipinski definition) is 1. The second-order valence-electron chi connectivity index (χ2n) is 7.78. The van der Waals surface area contributed by atoms with E-state index in [-0.39, 0.29) is 5.56 Å². The topological polar surface area (TPSA) is 75.3 Å². The molecule has 0 amide bonds. The Morgan fingerprint density at radius 2 is 1.46 bits per heavy atom. The monoisotopic (exact) mass is 563 g/mol. The molecule has 0 bridgehead atoms. The molecule has 0 fully saturated rings. The van der Waals surface area contributed by atoms with E-state index in [0.29, 0.717) is 39.3 Å². The predicted octanol–water partition coefficient (Wildman–Crippen LogP) is 7.25. The number of ether oxygens (including phenoxy) is 5. The molecule has 0 aromatic heterocycles. The molecule has 0 atom stereocenters. The predicted molar refractivity (Wildman–Crippen MR) is 143 cm³/mol. The third kappa shape index (κ3) is 7.84. The van der Waals surface area contributed by atoms with Gasteiger partial charge in [0.15, 0.2) is 17.3 Å². The number of benzene rings is 3. The average molecular weight is 564 g/mol. The second-order valence-corrected chi connectivity index (χ2v) is 8.19. The molecule has 1 N–H and O–H groups in total. The van der Waals surface area contributed by atoms with Gasteiger partial charge in [0.25, 0.3) is 0 Å². The van der Waals surface area contributed by atoms with Crippen LogP contribution in [0.5, 0.6) is 28.7 Å². The summed E-state index contributed by atoms with van der Waals surface area (Å²) < 4.78 is 62.3. The van der Waals surface area contributed by atoms with Crippen LogP contribution in [0, 0.1) is 0 Å². The Morgan fingerprint density at radius 1 is 0.846 bits per heavy atom. The smallest absolute Gasteiger partial charge is 0.495 e. The third-order valence-corrected chi connectivity index (χ3v) is 5.61. The maximum atomic E-state index is 12.5. The number of alkyl halides is 3. The number of methoxy groups -OCH3 is 4. The van der Waals surface area contributed by atoms with E-state index < -0.39 is 17.9 Å². The average Bonchev–Trinajstić information content (AvgIpc) is 2.91. The first-order chi connectivity index (χ1) is 18.6. The van der Waals surface area contributed by atoms with E-state index in [1.807, 2.05) is 6.08 Å². The standard InChI is InChI=1S/C28H25ClF3NO6/c1-35-24-16-22(33-12-11-23(34)18-7-9-20(10-8-18)39-28(30,31)32)19(15-21(24)29)6-5-17-13-25(36-2)27(38-4)26(14-17)37-3/h5-16,33H,1-4H3/b6-5-,12-11-. The summed E-state index contributed by atoms with van der Waals surface area (Å²) in [6.07, 6.45) is 1.44. The Bertz CT molecular complexity index is 1350. The van der Waals surface area contributed by atoms with Crippen LogP contribution in [0.25, 0.3) is 12.2 Å². The summed E-state index contributed by atoms with van der Waals surface area (Å²) in [6.45, 7) is 0. The van der Waals surface area contributed by atoms with Crippen molar-refractivity contribution >= 4 is 35.2 Å². The van der Waals surface area contributed by atoms with Crippen LogP contribution in [-0.2, 0) is 0 Å². The molecule has 0 radical (unpaired) electrons. The Morgan fingerprint density at radius 3 is 2.00 bits per heavy atom. The van der Waals surface area contributed by atoms with Crippen LogP contribution in [0.2, 0.25) is 5.02 Å². The minimum absolute atomic E-state index is 0.179. The maximum Gasteiger partial charge on any atom is 0.573 e. The minimum atomic E-state index is -4.81. The quantitative estimate of drug-likeness (QED) is 0.150. The number of allylic oxidation sites excluding steroid dienone is 1. The van der Waals surface area contributed by atoms with Crippen LogP contribution in [-0.4, -0.2) is 40.6 Å². The highest BCUT2D eigenvalue weighted by molar-refractivity contribution is 6.32. The highest BCUT2D eigenvalue weighted by Crippen LogP contribution is 2.39. The fourth-order valence-corrected chi connectivity index (χ4v) is 3.75. The van der Waals surface area contributed by atoms with Gasteiger partial charge < -0.3 is 29.0 Å². The molecule has 0 aliphatic rings. The largest absolute Gasteiger partial charge is 0.573 e. The second kappa shape index (κ2) is 13.0. The van der Waals surface area contributed by atoms with Crippen molar-refractivity contribution in [3.05, 3.63) is 82.5 Å². The van der Waals surface area contributed by atoms with Gasteiger partial charge in [-0.1, -0.05) is 23.8 Å². The van der Waals surface area contributed by atoms with Crippen LogP contribution in [0.15, 0.2) is 60.8 Å². The van der Waals surface area contributed by atoms with Gasteiger partial charge in [0.05, 0.1) is 33.5 Å². The zero-order valence-electron chi connectivity index (χ0n) is 21.4. The van der Waals surface area contributed by atoms with E-state index >= 15 is 0 Å². The molecule has 206 valence electrons. The van der Waals surface area contributed by atoms with Crippen molar-refractivity contribution in [1.82, 2.24) is 0 Å². The number of halogens is 4. The van der Waals surface area contributed by atoms with Gasteiger partial charge in [-0.3, -0.25) is 4.79 Å². The summed E-state index contributed by atoms with van der Waals surface area (Å²) in [6, 6.07) is 11.5. The molecule has 0 unspecified atom stereocenters. The van der Waals surface area contributed by atoms with Gasteiger partial charge in [0, 0.05) is 29.6 Å². The molecule has 0 saturated carbocycles. The first kappa shape index (κ1) is 29.2. The van der Waals surface area contributed by atoms with Crippen molar-refractivity contribution < 1.29 is 41.7 Å². The molecule has 3 aromatic rings. The lowest BCUT2D eigenvalue weighted by molar-refractivity contribution is -0.274. The van der Waals surface area contributed by atoms with E-state index in [9.17, 15) is 18.0 Å². The number of nitrogens with one attached hydrogen (secondary N) is 1. The summed E-state index contributed by atoms with van der Waals surface area (Å²) in [7, 11) is 6.04. The molecule has 11 heteroatoms. The molecule has 0 saturated heterocycles. The lowest BCUT2D eigenvalue weighted by Crippen LogP contribution is -2.17. The van der Waals surface area contributed by atoms with Crippen molar-refractivity contribution in [2.45, 2.75) is 6.36 Å². The molecule has 39 heavy (non-hydrogen) atoms. The number of hydrogen-bond acceptors (Lipinski definition) is 7. The molecule has 0 aliphatic carbocycles. The lowest BCUT2D eigenvalue weighted by Gasteiger charge is -2.13. The van der Waals surface area contributed by atoms with Gasteiger partial charge in [0.2, 0.25) is 5.75 Å². The van der Waals surface area contributed by atoms with E-state index in [0.717, 1.165) is 17.7 Å². The molecule has 0 spiro atoms. The number of anilines is 1. The Hall–Kier alpha value is -4.31. The van der Waals surface area contributed by atoms with Gasteiger partial charge in [-0.15, -0.1) is 13.2 Å². The van der Waals surface area contributed by atoms with Crippen LogP contribution in [0.1, 0.15) is 21.5 Å². The van der Waals surface area contributed by atoms with Gasteiger partial charge in [-0.2, -0.15) is 0 Å². The highest BCUT2D eigenvalue weighted by atomic mass is 35.5. The summed E-state index contributed by atoms with van der Waals surface area (Å²) in [5, 5.41) is 3.39. The van der Waals surface area contributed by atoms with Crippen molar-refractivity contribution in [1.29, 1.82) is 0 Å². The normalized spacial score (nSPS) is 11.5. The molecule has 0 aliphatic heterocycles. The third-order valence-electron chi connectivity index (χ3n) is 5.31. The van der Waals surface area contributed by atoms with E-state index in [1.54, 1.807) is 30.3 Å². The van der Waals surface area contributed by atoms with Crippen LogP contribution in [0.3, 0.4) is 0 Å². The fourth-order valence-electron chi connectivity index (χ4n) is 3.50. The van der Waals surface area contributed by atoms with Crippen LogP contribution in [0.4, 0.5) is 18.9 Å². The Kier molecular flexibility index (Phi) is 9.73. The maximum absolute atomic E-state index is 12.5. The van der Waals surface area contributed by atoms with Gasteiger partial charge in [-0.25, -0.2) is 0 Å². The van der Waals surface area contributed by atoms with E-state index in [2.05, 4.69) is 10.1 Å². The molecule has 7 nitrogen and oxygen atoms in total. The highest BCUT2D eigenvalue weighted by Gasteiger charge is 2.31. The molecule has 3 rings (SSSR count). The Balaban J connectivity index is 1.84. The fraction of sp³-hybridized carbons (Fsp3) is 0.179. The van der Waals surface area contributed by atoms with E-state index in [4.69, 9.17) is 30.5 Å². The molecular weight excluding hydrogens is 539 g/mol. The number of ketones is 1. The Labute approximate surface area is 228 Å². The van der Waals surface area contributed by atoms with Gasteiger partial charge >= 0.3 is 6.36 Å². The zero-order chi connectivity index (χ0) is 28.6. The first-order valence-electron chi connectivity index (χ1n) is 11.3. The summed E-state index contributed by atoms with van der Waals surface area (Å²) in [5.41, 5.74) is 2.17. The molecule has 3 aromatic carbocycles. The first-order valence-corrected chi connectivity index (χ1v) is 11.6. The van der Waals surface area contributed by atoms with Gasteiger partial charge in [0.1, 0.15) is 11.5 Å². The number of rotatable bonds is 11. The van der Waals surface area contributed by atoms with Crippen LogP contribution < -0.4 is 29.0 Å². The SMILES string of the molecule is COc1cc(N/C=C\C(=O)c2ccc(OC(F)(F)F)cc2)c(/C=C\c2cc(OC)c(OC)c(OC)c2)cc1Cl. The lowest BCUT2D eigenvalue weighted by atomic mass is 10.1. The van der Waals surface area contributed by atoms with Crippen molar-refractivity contribution in [2.24, 2.45) is 0 Å². The van der Waals surface area contributed by atoms with Gasteiger partial charge in [-0.05, 0) is 53.6 Å². The van der Waals surface area contributed by atoms with Crippen molar-refractivity contribution in [3.63, 3.8) is 0 Å². The summed E-state index contributed by atoms with van der Waals surface area (Å²) in [5.74, 6) is 0.993. The van der Waals surface area contributed by atoms with Crippen LogP contribution >= 0.6 is 11.6 Å². The molecular formula is C28H25ClF3NO6. The number of carbonyl (C=O) groups excluding carboxylic acids is 1. The summed E-state index contributed by atoms with van der Waals surface area (Å²) in [4.78, 5) is 12.5. The summed E-state index contributed by atoms with van der Waals surface area (Å²) >= 11 is 6.34.